The second-order valence-corrected chi connectivity index (χ2v) is 4.80. The van der Waals surface area contributed by atoms with Gasteiger partial charge in [0.05, 0.1) is 0 Å². The zero-order chi connectivity index (χ0) is 12.3. The van der Waals surface area contributed by atoms with Crippen LogP contribution in [0.15, 0.2) is 24.3 Å². The van der Waals surface area contributed by atoms with Gasteiger partial charge < -0.3 is 10.2 Å². The average Bonchev–Trinajstić information content (AvgIpc) is 2.25. The number of hydrogen-bond donors (Lipinski definition) is 1. The van der Waals surface area contributed by atoms with E-state index in [0.717, 1.165) is 0 Å². The summed E-state index contributed by atoms with van der Waals surface area (Å²) in [6, 6.07) is 8.87. The van der Waals surface area contributed by atoms with Crippen molar-refractivity contribution in [3.05, 3.63) is 29.8 Å². The molecule has 1 aromatic carbocycles. The molecule has 92 valence electrons. The molecule has 0 atom stereocenters. The van der Waals surface area contributed by atoms with E-state index in [4.69, 9.17) is 0 Å². The number of carbonyl (C=O) groups is 1. The zero-order valence-electron chi connectivity index (χ0n) is 10.6. The minimum absolute atomic E-state index is 0.100. The van der Waals surface area contributed by atoms with Gasteiger partial charge in [-0.15, -0.1) is 0 Å². The zero-order valence-corrected chi connectivity index (χ0v) is 10.6. The topological polar surface area (TPSA) is 32.3 Å². The van der Waals surface area contributed by atoms with Crippen LogP contribution in [0.1, 0.15) is 31.7 Å². The molecule has 1 aliphatic rings. The van der Waals surface area contributed by atoms with E-state index in [-0.39, 0.29) is 5.91 Å². The Balaban J connectivity index is 2.06. The predicted molar refractivity (Wildman–Crippen MR) is 69.9 cm³/mol. The van der Waals surface area contributed by atoms with Gasteiger partial charge >= 0.3 is 0 Å². The highest BCUT2D eigenvalue weighted by Gasteiger charge is 2.18. The Morgan fingerprint density at radius 1 is 1.41 bits per heavy atom. The lowest BCUT2D eigenvalue weighted by molar-refractivity contribution is -0.128. The third kappa shape index (κ3) is 2.99. The van der Waals surface area contributed by atoms with E-state index in [2.05, 4.69) is 17.4 Å². The van der Waals surface area contributed by atoms with Gasteiger partial charge in [0.2, 0.25) is 5.91 Å². The number of para-hydroxylation sites is 1. The molecule has 17 heavy (non-hydrogen) atoms. The molecule has 0 bridgehead atoms. The summed E-state index contributed by atoms with van der Waals surface area (Å²) in [7, 11) is 1.84. The molecule has 0 aliphatic heterocycles. The van der Waals surface area contributed by atoms with Crippen molar-refractivity contribution in [1.82, 2.24) is 4.90 Å². The van der Waals surface area contributed by atoms with Gasteiger partial charge in [0.15, 0.2) is 0 Å². The van der Waals surface area contributed by atoms with Gasteiger partial charge in [-0.3, -0.25) is 4.79 Å². The van der Waals surface area contributed by atoms with Crippen molar-refractivity contribution in [1.29, 1.82) is 0 Å². The molecule has 0 radical (unpaired) electrons. The average molecular weight is 232 g/mol. The smallest absolute Gasteiger partial charge is 0.219 e. The molecule has 3 nitrogen and oxygen atoms in total. The molecule has 0 aromatic heterocycles. The van der Waals surface area contributed by atoms with E-state index in [0.29, 0.717) is 12.6 Å². The minimum Gasteiger partial charge on any atom is -0.382 e. The van der Waals surface area contributed by atoms with Crippen molar-refractivity contribution >= 4 is 11.6 Å². The molecule has 0 heterocycles. The van der Waals surface area contributed by atoms with E-state index in [1.807, 2.05) is 19.2 Å². The van der Waals surface area contributed by atoms with Gasteiger partial charge in [-0.2, -0.15) is 0 Å². The first-order valence-electron chi connectivity index (χ1n) is 6.23. The first-order chi connectivity index (χ1) is 8.16. The fraction of sp³-hybridized carbons (Fsp3) is 0.500. The Morgan fingerprint density at radius 3 is 2.71 bits per heavy atom. The lowest BCUT2D eigenvalue weighted by Gasteiger charge is -2.29. The molecular formula is C14H20N2O. The van der Waals surface area contributed by atoms with Crippen molar-refractivity contribution in [2.45, 2.75) is 38.8 Å². The number of benzene rings is 1. The minimum atomic E-state index is 0.100. The summed E-state index contributed by atoms with van der Waals surface area (Å²) in [6.45, 7) is 2.27. The van der Waals surface area contributed by atoms with Gasteiger partial charge in [-0.05, 0) is 30.9 Å². The molecular weight excluding hydrogens is 212 g/mol. The van der Waals surface area contributed by atoms with Gasteiger partial charge in [0.1, 0.15) is 0 Å². The Hall–Kier alpha value is -1.51. The predicted octanol–water partition coefficient (Wildman–Crippen LogP) is 2.63. The maximum atomic E-state index is 11.3. The number of nitrogens with zero attached hydrogens (tertiary/aromatic N) is 1. The molecule has 1 amide bonds. The number of nitrogens with one attached hydrogen (secondary N) is 1. The highest BCUT2D eigenvalue weighted by atomic mass is 16.2. The van der Waals surface area contributed by atoms with Crippen LogP contribution in [-0.2, 0) is 11.3 Å². The van der Waals surface area contributed by atoms with Crippen LogP contribution in [0.5, 0.6) is 0 Å². The van der Waals surface area contributed by atoms with Gasteiger partial charge in [-0.25, -0.2) is 0 Å². The molecule has 1 N–H and O–H groups in total. The lowest BCUT2D eigenvalue weighted by atomic mass is 9.92. The Bertz CT molecular complexity index is 399. The summed E-state index contributed by atoms with van der Waals surface area (Å²) in [5, 5.41) is 3.55. The third-order valence-electron chi connectivity index (χ3n) is 3.43. The highest BCUT2D eigenvalue weighted by Crippen LogP contribution is 2.25. The van der Waals surface area contributed by atoms with Gasteiger partial charge in [0, 0.05) is 32.2 Å². The van der Waals surface area contributed by atoms with Crippen molar-refractivity contribution in [3.8, 4) is 0 Å². The SMILES string of the molecule is CC(=O)N(C)Cc1ccccc1NC1CCC1. The second kappa shape index (κ2) is 5.21. The van der Waals surface area contributed by atoms with Gasteiger partial charge in [-0.1, -0.05) is 18.2 Å². The number of anilines is 1. The Labute approximate surface area is 103 Å². The van der Waals surface area contributed by atoms with Crippen LogP contribution in [0.4, 0.5) is 5.69 Å². The molecule has 1 aromatic rings. The van der Waals surface area contributed by atoms with Crippen molar-refractivity contribution in [2.24, 2.45) is 0 Å². The molecule has 1 saturated carbocycles. The van der Waals surface area contributed by atoms with E-state index in [1.165, 1.54) is 30.5 Å². The summed E-state index contributed by atoms with van der Waals surface area (Å²) >= 11 is 0. The molecule has 1 fully saturated rings. The van der Waals surface area contributed by atoms with Crippen LogP contribution in [0.3, 0.4) is 0 Å². The first-order valence-corrected chi connectivity index (χ1v) is 6.23. The molecule has 0 saturated heterocycles. The molecule has 0 spiro atoms. The first kappa shape index (κ1) is 12.0. The monoisotopic (exact) mass is 232 g/mol. The Morgan fingerprint density at radius 2 is 2.12 bits per heavy atom. The number of carbonyl (C=O) groups excluding carboxylic acids is 1. The quantitative estimate of drug-likeness (QED) is 0.865. The summed E-state index contributed by atoms with van der Waals surface area (Å²) in [5.74, 6) is 0.100. The summed E-state index contributed by atoms with van der Waals surface area (Å²) in [6.07, 6.45) is 3.85. The van der Waals surface area contributed by atoms with E-state index >= 15 is 0 Å². The van der Waals surface area contributed by atoms with E-state index in [9.17, 15) is 4.79 Å². The summed E-state index contributed by atoms with van der Waals surface area (Å²) in [4.78, 5) is 13.0. The number of rotatable bonds is 4. The third-order valence-corrected chi connectivity index (χ3v) is 3.43. The normalized spacial score (nSPS) is 15.2. The van der Waals surface area contributed by atoms with Crippen molar-refractivity contribution in [3.63, 3.8) is 0 Å². The highest BCUT2D eigenvalue weighted by molar-refractivity contribution is 5.73. The Kier molecular flexibility index (Phi) is 3.67. The van der Waals surface area contributed by atoms with Crippen LogP contribution in [0.25, 0.3) is 0 Å². The lowest BCUT2D eigenvalue weighted by Crippen LogP contribution is -2.28. The van der Waals surface area contributed by atoms with Crippen LogP contribution >= 0.6 is 0 Å². The van der Waals surface area contributed by atoms with Crippen LogP contribution in [-0.4, -0.2) is 23.9 Å². The van der Waals surface area contributed by atoms with Crippen LogP contribution in [0.2, 0.25) is 0 Å². The molecule has 3 heteroatoms. The fourth-order valence-electron chi connectivity index (χ4n) is 1.94. The number of hydrogen-bond acceptors (Lipinski definition) is 2. The van der Waals surface area contributed by atoms with E-state index in [1.54, 1.807) is 11.8 Å². The molecule has 1 aliphatic carbocycles. The standard InChI is InChI=1S/C14H20N2O/c1-11(17)16(2)10-12-6-3-4-9-14(12)15-13-7-5-8-13/h3-4,6,9,13,15H,5,7-8,10H2,1-2H3. The molecule has 2 rings (SSSR count). The maximum Gasteiger partial charge on any atom is 0.219 e. The molecule has 0 unspecified atom stereocenters. The second-order valence-electron chi connectivity index (χ2n) is 4.80. The maximum absolute atomic E-state index is 11.3. The van der Waals surface area contributed by atoms with Crippen molar-refractivity contribution in [2.75, 3.05) is 12.4 Å². The van der Waals surface area contributed by atoms with Crippen LogP contribution in [0, 0.1) is 0 Å². The van der Waals surface area contributed by atoms with Crippen LogP contribution < -0.4 is 5.32 Å². The summed E-state index contributed by atoms with van der Waals surface area (Å²) in [5.41, 5.74) is 2.36. The largest absolute Gasteiger partial charge is 0.382 e. The summed E-state index contributed by atoms with van der Waals surface area (Å²) < 4.78 is 0. The van der Waals surface area contributed by atoms with Gasteiger partial charge in [0.25, 0.3) is 0 Å². The fourth-order valence-corrected chi connectivity index (χ4v) is 1.94. The van der Waals surface area contributed by atoms with Crippen molar-refractivity contribution < 1.29 is 4.79 Å². The van der Waals surface area contributed by atoms with E-state index < -0.39 is 0 Å². The number of amides is 1.